The van der Waals surface area contributed by atoms with Crippen molar-refractivity contribution in [2.75, 3.05) is 5.73 Å². The summed E-state index contributed by atoms with van der Waals surface area (Å²) in [5.41, 5.74) is 9.37. The molecule has 4 heteroatoms. The standard InChI is InChI=1S/C13H16BrN3/c1-8(2)11-7-16-17(13(11)15)10-5-4-9(3)12(14)6-10/h4-8H,15H2,1-3H3. The third-order valence-electron chi connectivity index (χ3n) is 2.86. The molecule has 2 aromatic rings. The van der Waals surface area contributed by atoms with Crippen LogP contribution in [0.1, 0.15) is 30.9 Å². The number of nitrogen functional groups attached to an aromatic ring is 1. The fourth-order valence-corrected chi connectivity index (χ4v) is 2.10. The van der Waals surface area contributed by atoms with Crippen LogP contribution in [0.25, 0.3) is 5.69 Å². The Morgan fingerprint density at radius 2 is 2.06 bits per heavy atom. The normalized spacial score (nSPS) is 11.1. The van der Waals surface area contributed by atoms with Crippen LogP contribution in [0.3, 0.4) is 0 Å². The summed E-state index contributed by atoms with van der Waals surface area (Å²) in [6.07, 6.45) is 1.84. The highest BCUT2D eigenvalue weighted by Crippen LogP contribution is 2.26. The van der Waals surface area contributed by atoms with E-state index in [0.717, 1.165) is 21.5 Å². The van der Waals surface area contributed by atoms with Gasteiger partial charge < -0.3 is 5.73 Å². The number of hydrogen-bond donors (Lipinski definition) is 1. The summed E-state index contributed by atoms with van der Waals surface area (Å²) < 4.78 is 2.84. The van der Waals surface area contributed by atoms with Gasteiger partial charge in [-0.3, -0.25) is 0 Å². The number of nitrogens with two attached hydrogens (primary N) is 1. The Bertz CT molecular complexity index is 544. The van der Waals surface area contributed by atoms with Gasteiger partial charge in [-0.1, -0.05) is 35.8 Å². The molecule has 1 heterocycles. The Kier molecular flexibility index (Phi) is 3.24. The van der Waals surface area contributed by atoms with Gasteiger partial charge in [0.1, 0.15) is 5.82 Å². The van der Waals surface area contributed by atoms with Gasteiger partial charge in [0.05, 0.1) is 11.9 Å². The predicted octanol–water partition coefficient (Wildman–Crippen LogP) is 3.65. The molecule has 0 unspecified atom stereocenters. The van der Waals surface area contributed by atoms with Crippen molar-refractivity contribution in [1.82, 2.24) is 9.78 Å². The lowest BCUT2D eigenvalue weighted by Crippen LogP contribution is -2.03. The second kappa shape index (κ2) is 4.53. The maximum absolute atomic E-state index is 6.11. The van der Waals surface area contributed by atoms with E-state index in [2.05, 4.69) is 47.9 Å². The number of halogens is 1. The highest BCUT2D eigenvalue weighted by atomic mass is 79.9. The van der Waals surface area contributed by atoms with Crippen LogP contribution < -0.4 is 5.73 Å². The average Bonchev–Trinajstić information content (AvgIpc) is 2.64. The fourth-order valence-electron chi connectivity index (χ4n) is 1.73. The van der Waals surface area contributed by atoms with E-state index in [1.165, 1.54) is 5.56 Å². The van der Waals surface area contributed by atoms with E-state index in [-0.39, 0.29) is 0 Å². The Labute approximate surface area is 110 Å². The summed E-state index contributed by atoms with van der Waals surface area (Å²) >= 11 is 3.52. The Balaban J connectivity index is 2.50. The third kappa shape index (κ3) is 2.22. The molecule has 1 aromatic carbocycles. The van der Waals surface area contributed by atoms with Crippen molar-refractivity contribution < 1.29 is 0 Å². The maximum atomic E-state index is 6.11. The Morgan fingerprint density at radius 3 is 2.59 bits per heavy atom. The van der Waals surface area contributed by atoms with Crippen molar-refractivity contribution in [2.45, 2.75) is 26.7 Å². The zero-order valence-corrected chi connectivity index (χ0v) is 11.8. The van der Waals surface area contributed by atoms with Gasteiger partial charge in [-0.15, -0.1) is 0 Å². The monoisotopic (exact) mass is 293 g/mol. The largest absolute Gasteiger partial charge is 0.383 e. The molecule has 2 N–H and O–H groups in total. The molecule has 90 valence electrons. The van der Waals surface area contributed by atoms with Crippen LogP contribution >= 0.6 is 15.9 Å². The minimum absolute atomic E-state index is 0.387. The van der Waals surface area contributed by atoms with Crippen molar-refractivity contribution in [3.63, 3.8) is 0 Å². The van der Waals surface area contributed by atoms with E-state index in [1.807, 2.05) is 18.3 Å². The van der Waals surface area contributed by atoms with Crippen molar-refractivity contribution in [2.24, 2.45) is 0 Å². The van der Waals surface area contributed by atoms with Crippen LogP contribution in [0, 0.1) is 6.92 Å². The molecule has 0 saturated heterocycles. The first-order chi connectivity index (χ1) is 8.00. The average molecular weight is 294 g/mol. The lowest BCUT2D eigenvalue weighted by Gasteiger charge is -2.08. The predicted molar refractivity (Wildman–Crippen MR) is 74.5 cm³/mol. The second-order valence-corrected chi connectivity index (χ2v) is 5.34. The van der Waals surface area contributed by atoms with Crippen molar-refractivity contribution in [1.29, 1.82) is 0 Å². The minimum atomic E-state index is 0.387. The minimum Gasteiger partial charge on any atom is -0.383 e. The van der Waals surface area contributed by atoms with Crippen LogP contribution in [0.2, 0.25) is 0 Å². The number of anilines is 1. The molecule has 0 atom stereocenters. The summed E-state index contributed by atoms with van der Waals surface area (Å²) in [6.45, 7) is 6.28. The molecule has 0 aliphatic rings. The van der Waals surface area contributed by atoms with Gasteiger partial charge >= 0.3 is 0 Å². The van der Waals surface area contributed by atoms with Gasteiger partial charge in [0.25, 0.3) is 0 Å². The third-order valence-corrected chi connectivity index (χ3v) is 3.71. The number of aromatic nitrogens is 2. The van der Waals surface area contributed by atoms with Crippen molar-refractivity contribution in [3.8, 4) is 5.69 Å². The smallest absolute Gasteiger partial charge is 0.130 e. The van der Waals surface area contributed by atoms with Crippen molar-refractivity contribution in [3.05, 3.63) is 40.0 Å². The molecule has 3 nitrogen and oxygen atoms in total. The molecule has 0 fully saturated rings. The van der Waals surface area contributed by atoms with E-state index in [9.17, 15) is 0 Å². The molecule has 0 radical (unpaired) electrons. The van der Waals surface area contributed by atoms with Gasteiger partial charge in [-0.25, -0.2) is 4.68 Å². The van der Waals surface area contributed by atoms with Gasteiger partial charge in [-0.2, -0.15) is 5.10 Å². The number of aryl methyl sites for hydroxylation is 1. The molecular formula is C13H16BrN3. The van der Waals surface area contributed by atoms with Crippen LogP contribution in [-0.2, 0) is 0 Å². The second-order valence-electron chi connectivity index (χ2n) is 4.49. The van der Waals surface area contributed by atoms with Crippen molar-refractivity contribution >= 4 is 21.7 Å². The quantitative estimate of drug-likeness (QED) is 0.918. The lowest BCUT2D eigenvalue weighted by molar-refractivity contribution is 0.867. The van der Waals surface area contributed by atoms with E-state index in [1.54, 1.807) is 4.68 Å². The number of nitrogens with zero attached hydrogens (tertiary/aromatic N) is 2. The van der Waals surface area contributed by atoms with Crippen LogP contribution in [0.15, 0.2) is 28.9 Å². The molecule has 0 aliphatic carbocycles. The summed E-state index contributed by atoms with van der Waals surface area (Å²) in [5, 5.41) is 4.35. The highest BCUT2D eigenvalue weighted by Gasteiger charge is 2.12. The molecule has 0 saturated carbocycles. The van der Waals surface area contributed by atoms with E-state index < -0.39 is 0 Å². The van der Waals surface area contributed by atoms with Crippen LogP contribution in [0.4, 0.5) is 5.82 Å². The molecule has 0 bridgehead atoms. The molecule has 0 spiro atoms. The zero-order valence-electron chi connectivity index (χ0n) is 10.2. The summed E-state index contributed by atoms with van der Waals surface area (Å²) in [5.74, 6) is 1.10. The van der Waals surface area contributed by atoms with E-state index in [4.69, 9.17) is 5.73 Å². The topological polar surface area (TPSA) is 43.8 Å². The van der Waals surface area contributed by atoms with E-state index in [0.29, 0.717) is 5.92 Å². The van der Waals surface area contributed by atoms with E-state index >= 15 is 0 Å². The molecule has 0 aliphatic heterocycles. The first-order valence-corrected chi connectivity index (χ1v) is 6.40. The molecule has 1 aromatic heterocycles. The van der Waals surface area contributed by atoms with Crippen LogP contribution in [0.5, 0.6) is 0 Å². The Hall–Kier alpha value is -1.29. The highest BCUT2D eigenvalue weighted by molar-refractivity contribution is 9.10. The Morgan fingerprint density at radius 1 is 1.35 bits per heavy atom. The summed E-state index contributed by atoms with van der Waals surface area (Å²) in [6, 6.07) is 6.10. The van der Waals surface area contributed by atoms with Crippen LogP contribution in [-0.4, -0.2) is 9.78 Å². The summed E-state index contributed by atoms with van der Waals surface area (Å²) in [4.78, 5) is 0. The SMILES string of the molecule is Cc1ccc(-n2ncc(C(C)C)c2N)cc1Br. The summed E-state index contributed by atoms with van der Waals surface area (Å²) in [7, 11) is 0. The maximum Gasteiger partial charge on any atom is 0.130 e. The first-order valence-electron chi connectivity index (χ1n) is 5.60. The number of rotatable bonds is 2. The van der Waals surface area contributed by atoms with Gasteiger partial charge in [0.2, 0.25) is 0 Å². The number of benzene rings is 1. The lowest BCUT2D eigenvalue weighted by atomic mass is 10.1. The zero-order chi connectivity index (χ0) is 12.6. The molecular weight excluding hydrogens is 278 g/mol. The van der Waals surface area contributed by atoms with Gasteiger partial charge in [0.15, 0.2) is 0 Å². The van der Waals surface area contributed by atoms with Gasteiger partial charge in [0, 0.05) is 10.0 Å². The number of hydrogen-bond acceptors (Lipinski definition) is 2. The fraction of sp³-hybridized carbons (Fsp3) is 0.308. The molecule has 17 heavy (non-hydrogen) atoms. The first kappa shape index (κ1) is 12.2. The molecule has 2 rings (SSSR count). The van der Waals surface area contributed by atoms with Gasteiger partial charge in [-0.05, 0) is 30.5 Å². The molecule has 0 amide bonds.